The van der Waals surface area contributed by atoms with Gasteiger partial charge < -0.3 is 15.3 Å². The zero-order chi connectivity index (χ0) is 16.7. The van der Waals surface area contributed by atoms with Crippen LogP contribution in [0.15, 0.2) is 0 Å². The zero-order valence-electron chi connectivity index (χ0n) is 13.1. The molecule has 3 N–H and O–H groups in total. The van der Waals surface area contributed by atoms with Crippen molar-refractivity contribution < 1.29 is 29.7 Å². The van der Waals surface area contributed by atoms with Crippen LogP contribution in [0.1, 0.15) is 44.9 Å². The molecule has 0 amide bonds. The molecule has 0 bridgehead atoms. The maximum absolute atomic E-state index is 11.8. The molecule has 0 spiro atoms. The summed E-state index contributed by atoms with van der Waals surface area (Å²) in [6.45, 7) is 0. The van der Waals surface area contributed by atoms with Crippen molar-refractivity contribution in [1.82, 2.24) is 0 Å². The van der Waals surface area contributed by atoms with Crippen molar-refractivity contribution in [1.29, 1.82) is 0 Å². The van der Waals surface area contributed by atoms with Gasteiger partial charge in [0.2, 0.25) is 0 Å². The molecule has 3 aliphatic rings. The average molecular weight is 324 g/mol. The second kappa shape index (κ2) is 6.13. The van der Waals surface area contributed by atoms with Gasteiger partial charge in [-0.1, -0.05) is 19.3 Å². The number of aliphatic carboxylic acids is 3. The van der Waals surface area contributed by atoms with Gasteiger partial charge in [-0.3, -0.25) is 14.4 Å². The summed E-state index contributed by atoms with van der Waals surface area (Å²) in [6.07, 6.45) is 6.48. The Kier molecular flexibility index (Phi) is 4.34. The molecule has 0 heterocycles. The van der Waals surface area contributed by atoms with E-state index < -0.39 is 35.7 Å². The summed E-state index contributed by atoms with van der Waals surface area (Å²) in [5, 5.41) is 28.6. The number of carboxylic acids is 3. The minimum Gasteiger partial charge on any atom is -0.481 e. The van der Waals surface area contributed by atoms with Crippen LogP contribution in [-0.2, 0) is 14.4 Å². The first-order chi connectivity index (χ1) is 10.9. The van der Waals surface area contributed by atoms with Crippen LogP contribution in [0.5, 0.6) is 0 Å². The molecule has 128 valence electrons. The summed E-state index contributed by atoms with van der Waals surface area (Å²) in [6, 6.07) is 0. The van der Waals surface area contributed by atoms with E-state index >= 15 is 0 Å². The molecule has 6 heteroatoms. The lowest BCUT2D eigenvalue weighted by molar-refractivity contribution is -0.175. The van der Waals surface area contributed by atoms with Crippen molar-refractivity contribution in [3.8, 4) is 0 Å². The fourth-order valence-electron chi connectivity index (χ4n) is 5.77. The molecule has 23 heavy (non-hydrogen) atoms. The van der Waals surface area contributed by atoms with Crippen molar-refractivity contribution in [2.75, 3.05) is 0 Å². The number of carbonyl (C=O) groups is 3. The molecule has 7 unspecified atom stereocenters. The summed E-state index contributed by atoms with van der Waals surface area (Å²) in [5.41, 5.74) is 0. The molecule has 3 rings (SSSR count). The van der Waals surface area contributed by atoms with Gasteiger partial charge in [-0.05, 0) is 49.4 Å². The molecule has 0 saturated heterocycles. The molecule has 6 nitrogen and oxygen atoms in total. The molecule has 0 aromatic carbocycles. The third-order valence-electron chi connectivity index (χ3n) is 6.63. The molecular formula is C17H24O6. The third kappa shape index (κ3) is 2.72. The third-order valence-corrected chi connectivity index (χ3v) is 6.63. The molecule has 0 aromatic rings. The Morgan fingerprint density at radius 3 is 1.91 bits per heavy atom. The Hall–Kier alpha value is -1.59. The maximum atomic E-state index is 11.8. The first-order valence-corrected chi connectivity index (χ1v) is 8.60. The van der Waals surface area contributed by atoms with Gasteiger partial charge in [-0.25, -0.2) is 0 Å². The van der Waals surface area contributed by atoms with E-state index in [9.17, 15) is 29.7 Å². The monoisotopic (exact) mass is 324 g/mol. The number of carboxylic acid groups (broad SMARTS) is 3. The Morgan fingerprint density at radius 2 is 1.30 bits per heavy atom. The largest absolute Gasteiger partial charge is 0.481 e. The maximum Gasteiger partial charge on any atom is 0.308 e. The van der Waals surface area contributed by atoms with Gasteiger partial charge in [0.05, 0.1) is 17.8 Å². The molecule has 3 aliphatic carbocycles. The van der Waals surface area contributed by atoms with Crippen molar-refractivity contribution in [3.05, 3.63) is 0 Å². The Labute approximate surface area is 134 Å². The molecule has 3 saturated carbocycles. The Morgan fingerprint density at radius 1 is 0.652 bits per heavy atom. The van der Waals surface area contributed by atoms with Crippen LogP contribution >= 0.6 is 0 Å². The lowest BCUT2D eigenvalue weighted by Crippen LogP contribution is -2.53. The van der Waals surface area contributed by atoms with E-state index in [4.69, 9.17) is 0 Å². The summed E-state index contributed by atoms with van der Waals surface area (Å²) in [7, 11) is 0. The van der Waals surface area contributed by atoms with Crippen molar-refractivity contribution in [3.63, 3.8) is 0 Å². The highest BCUT2D eigenvalue weighted by Gasteiger charge is 2.57. The second-order valence-corrected chi connectivity index (χ2v) is 7.52. The molecule has 0 aliphatic heterocycles. The lowest BCUT2D eigenvalue weighted by Gasteiger charge is -2.52. The van der Waals surface area contributed by atoms with Gasteiger partial charge in [0.25, 0.3) is 0 Å². The molecule has 7 atom stereocenters. The number of fused-ring (bicyclic) bond motifs is 3. The van der Waals surface area contributed by atoms with Gasteiger partial charge in [0.15, 0.2) is 0 Å². The average Bonchev–Trinajstić information content (AvgIpc) is 2.52. The van der Waals surface area contributed by atoms with E-state index in [1.54, 1.807) is 0 Å². The lowest BCUT2D eigenvalue weighted by atomic mass is 9.51. The standard InChI is InChI=1S/C17H24O6/c18-15(19)12-7-11-9-4-2-1-3-8(9)5-6-10(11)13(16(20)21)14(12)17(22)23/h8-14H,1-7H2,(H,18,19)(H,20,21)(H,22,23). The summed E-state index contributed by atoms with van der Waals surface area (Å²) in [4.78, 5) is 35.0. The molecule has 0 aromatic heterocycles. The van der Waals surface area contributed by atoms with E-state index in [0.29, 0.717) is 18.3 Å². The highest BCUT2D eigenvalue weighted by Crippen LogP contribution is 2.56. The van der Waals surface area contributed by atoms with Gasteiger partial charge in [0.1, 0.15) is 0 Å². The summed E-state index contributed by atoms with van der Waals surface area (Å²) >= 11 is 0. The van der Waals surface area contributed by atoms with Crippen molar-refractivity contribution >= 4 is 17.9 Å². The number of hydrogen-bond acceptors (Lipinski definition) is 3. The van der Waals surface area contributed by atoms with E-state index in [-0.39, 0.29) is 11.8 Å². The van der Waals surface area contributed by atoms with E-state index in [1.807, 2.05) is 0 Å². The van der Waals surface area contributed by atoms with Crippen LogP contribution in [0.4, 0.5) is 0 Å². The minimum atomic E-state index is -1.31. The first kappa shape index (κ1) is 16.3. The van der Waals surface area contributed by atoms with Crippen LogP contribution in [0.3, 0.4) is 0 Å². The summed E-state index contributed by atoms with van der Waals surface area (Å²) in [5.74, 6) is -6.27. The highest BCUT2D eigenvalue weighted by atomic mass is 16.4. The topological polar surface area (TPSA) is 112 Å². The first-order valence-electron chi connectivity index (χ1n) is 8.60. The summed E-state index contributed by atoms with van der Waals surface area (Å²) < 4.78 is 0. The molecule has 3 fully saturated rings. The van der Waals surface area contributed by atoms with Crippen LogP contribution in [0.25, 0.3) is 0 Å². The van der Waals surface area contributed by atoms with E-state index in [2.05, 4.69) is 0 Å². The predicted octanol–water partition coefficient (Wildman–Crippen LogP) is 2.33. The van der Waals surface area contributed by atoms with Crippen LogP contribution in [0, 0.1) is 41.4 Å². The van der Waals surface area contributed by atoms with Crippen LogP contribution in [0.2, 0.25) is 0 Å². The van der Waals surface area contributed by atoms with E-state index in [0.717, 1.165) is 32.1 Å². The van der Waals surface area contributed by atoms with Gasteiger partial charge in [-0.2, -0.15) is 0 Å². The molecular weight excluding hydrogens is 300 g/mol. The fraction of sp³-hybridized carbons (Fsp3) is 0.824. The van der Waals surface area contributed by atoms with Crippen LogP contribution < -0.4 is 0 Å². The number of hydrogen-bond donors (Lipinski definition) is 3. The zero-order valence-corrected chi connectivity index (χ0v) is 13.1. The predicted molar refractivity (Wildman–Crippen MR) is 79.7 cm³/mol. The van der Waals surface area contributed by atoms with Crippen molar-refractivity contribution in [2.24, 2.45) is 41.4 Å². The quantitative estimate of drug-likeness (QED) is 0.734. The van der Waals surface area contributed by atoms with Gasteiger partial charge >= 0.3 is 17.9 Å². The van der Waals surface area contributed by atoms with Gasteiger partial charge in [-0.15, -0.1) is 0 Å². The van der Waals surface area contributed by atoms with Gasteiger partial charge in [0, 0.05) is 0 Å². The number of rotatable bonds is 3. The normalized spacial score (nSPS) is 43.0. The highest BCUT2D eigenvalue weighted by molar-refractivity contribution is 5.86. The van der Waals surface area contributed by atoms with Crippen LogP contribution in [-0.4, -0.2) is 33.2 Å². The SMILES string of the molecule is O=C(O)C1CC2C3CCCCC3CCC2C(C(=O)O)C1C(=O)O. The second-order valence-electron chi connectivity index (χ2n) is 7.52. The van der Waals surface area contributed by atoms with E-state index in [1.165, 1.54) is 6.42 Å². The molecule has 0 radical (unpaired) electrons. The minimum absolute atomic E-state index is 0.0480. The Balaban J connectivity index is 1.96. The Bertz CT molecular complexity index is 515. The smallest absolute Gasteiger partial charge is 0.308 e. The fourth-order valence-corrected chi connectivity index (χ4v) is 5.77. The van der Waals surface area contributed by atoms with Crippen molar-refractivity contribution in [2.45, 2.75) is 44.9 Å².